The molecule has 1 aliphatic heterocycles. The number of rotatable bonds is 6. The zero-order valence-corrected chi connectivity index (χ0v) is 13.5. The summed E-state index contributed by atoms with van der Waals surface area (Å²) >= 11 is 0. The molecule has 5 nitrogen and oxygen atoms in total. The fourth-order valence-corrected chi connectivity index (χ4v) is 2.36. The Bertz CT molecular complexity index is 305. The summed E-state index contributed by atoms with van der Waals surface area (Å²) in [4.78, 5) is 4.25. The van der Waals surface area contributed by atoms with E-state index in [-0.39, 0.29) is 12.0 Å². The van der Waals surface area contributed by atoms with E-state index in [9.17, 15) is 5.11 Å². The monoisotopic (exact) mass is 285 g/mol. The Kier molecular flexibility index (Phi) is 6.76. The molecule has 3 N–H and O–H groups in total. The molecular weight excluding hydrogens is 254 g/mol. The van der Waals surface area contributed by atoms with Gasteiger partial charge in [0, 0.05) is 38.8 Å². The molecule has 1 aliphatic rings. The molecule has 0 spiro atoms. The fraction of sp³-hybridized carbons (Fsp3) is 0.933. The first-order valence-corrected chi connectivity index (χ1v) is 7.54. The van der Waals surface area contributed by atoms with Crippen LogP contribution in [0.15, 0.2) is 4.99 Å². The second-order valence-corrected chi connectivity index (χ2v) is 6.94. The molecule has 0 radical (unpaired) electrons. The minimum atomic E-state index is 0.0520. The third-order valence-corrected chi connectivity index (χ3v) is 3.85. The minimum Gasteiger partial charge on any atom is -0.396 e. The maximum absolute atomic E-state index is 9.22. The second-order valence-electron chi connectivity index (χ2n) is 6.94. The summed E-state index contributed by atoms with van der Waals surface area (Å²) in [7, 11) is 1.79. The molecule has 0 aromatic heterocycles. The van der Waals surface area contributed by atoms with Gasteiger partial charge in [-0.15, -0.1) is 0 Å². The van der Waals surface area contributed by atoms with Crippen molar-refractivity contribution in [2.24, 2.45) is 15.8 Å². The zero-order valence-electron chi connectivity index (χ0n) is 13.5. The van der Waals surface area contributed by atoms with E-state index in [2.05, 4.69) is 36.4 Å². The summed E-state index contributed by atoms with van der Waals surface area (Å²) in [5.74, 6) is 0.832. The van der Waals surface area contributed by atoms with Crippen LogP contribution in [-0.4, -0.2) is 51.0 Å². The van der Waals surface area contributed by atoms with E-state index in [1.165, 1.54) is 0 Å². The topological polar surface area (TPSA) is 65.9 Å². The van der Waals surface area contributed by atoms with Crippen LogP contribution in [0.3, 0.4) is 0 Å². The molecule has 1 heterocycles. The SMILES string of the molecule is CN=C(NCCC(C)(C)C)NCC1(CCO)CCOC1. The third kappa shape index (κ3) is 6.09. The van der Waals surface area contributed by atoms with Crippen molar-refractivity contribution in [2.45, 2.75) is 40.0 Å². The van der Waals surface area contributed by atoms with E-state index in [1.54, 1.807) is 7.05 Å². The molecule has 0 aliphatic carbocycles. The number of nitrogens with one attached hydrogen (secondary N) is 2. The third-order valence-electron chi connectivity index (χ3n) is 3.85. The van der Waals surface area contributed by atoms with Gasteiger partial charge in [0.05, 0.1) is 6.61 Å². The molecule has 1 unspecified atom stereocenters. The highest BCUT2D eigenvalue weighted by Crippen LogP contribution is 2.31. The van der Waals surface area contributed by atoms with Crippen LogP contribution in [-0.2, 0) is 4.74 Å². The maximum Gasteiger partial charge on any atom is 0.190 e. The Morgan fingerprint density at radius 1 is 1.35 bits per heavy atom. The van der Waals surface area contributed by atoms with E-state index in [0.717, 1.165) is 51.5 Å². The Labute approximate surface area is 123 Å². The molecule has 1 saturated heterocycles. The van der Waals surface area contributed by atoms with Gasteiger partial charge in [-0.1, -0.05) is 20.8 Å². The molecule has 0 bridgehead atoms. The average molecular weight is 285 g/mol. The summed E-state index contributed by atoms with van der Waals surface area (Å²) in [6.07, 6.45) is 2.87. The van der Waals surface area contributed by atoms with Gasteiger partial charge in [-0.05, 0) is 24.7 Å². The highest BCUT2D eigenvalue weighted by molar-refractivity contribution is 5.79. The van der Waals surface area contributed by atoms with E-state index >= 15 is 0 Å². The molecule has 20 heavy (non-hydrogen) atoms. The molecular formula is C15H31N3O2. The first-order chi connectivity index (χ1) is 9.41. The lowest BCUT2D eigenvalue weighted by Gasteiger charge is -2.28. The number of ether oxygens (including phenoxy) is 1. The molecule has 118 valence electrons. The zero-order chi connectivity index (χ0) is 15.1. The van der Waals surface area contributed by atoms with Crippen molar-refractivity contribution in [3.8, 4) is 0 Å². The van der Waals surface area contributed by atoms with Crippen LogP contribution in [0.2, 0.25) is 0 Å². The standard InChI is InChI=1S/C15H31N3O2/c1-14(2,3)5-8-17-13(16-4)18-11-15(6-9-19)7-10-20-12-15/h19H,5-12H2,1-4H3,(H2,16,17,18). The van der Waals surface area contributed by atoms with Crippen LogP contribution in [0.25, 0.3) is 0 Å². The van der Waals surface area contributed by atoms with Crippen molar-refractivity contribution in [3.63, 3.8) is 0 Å². The van der Waals surface area contributed by atoms with Crippen LogP contribution < -0.4 is 10.6 Å². The van der Waals surface area contributed by atoms with Gasteiger partial charge >= 0.3 is 0 Å². The van der Waals surface area contributed by atoms with Gasteiger partial charge in [0.25, 0.3) is 0 Å². The highest BCUT2D eigenvalue weighted by atomic mass is 16.5. The number of guanidine groups is 1. The van der Waals surface area contributed by atoms with E-state index < -0.39 is 0 Å². The molecule has 1 rings (SSSR count). The highest BCUT2D eigenvalue weighted by Gasteiger charge is 2.34. The van der Waals surface area contributed by atoms with Gasteiger partial charge in [0.15, 0.2) is 5.96 Å². The van der Waals surface area contributed by atoms with Crippen LogP contribution in [0, 0.1) is 10.8 Å². The quantitative estimate of drug-likeness (QED) is 0.509. The summed E-state index contributed by atoms with van der Waals surface area (Å²) in [5.41, 5.74) is 0.375. The van der Waals surface area contributed by atoms with Crippen molar-refractivity contribution in [3.05, 3.63) is 0 Å². The molecule has 0 amide bonds. The number of hydrogen-bond donors (Lipinski definition) is 3. The van der Waals surface area contributed by atoms with Gasteiger partial charge in [-0.25, -0.2) is 0 Å². The fourth-order valence-electron chi connectivity index (χ4n) is 2.36. The van der Waals surface area contributed by atoms with Crippen LogP contribution in [0.5, 0.6) is 0 Å². The first-order valence-electron chi connectivity index (χ1n) is 7.54. The maximum atomic E-state index is 9.22. The van der Waals surface area contributed by atoms with Gasteiger partial charge in [-0.2, -0.15) is 0 Å². The molecule has 5 heteroatoms. The van der Waals surface area contributed by atoms with Crippen LogP contribution in [0.1, 0.15) is 40.0 Å². The van der Waals surface area contributed by atoms with Gasteiger partial charge in [-0.3, -0.25) is 4.99 Å². The van der Waals surface area contributed by atoms with Crippen molar-refractivity contribution in [2.75, 3.05) is 40.0 Å². The van der Waals surface area contributed by atoms with Crippen molar-refractivity contribution in [1.29, 1.82) is 0 Å². The average Bonchev–Trinajstić information content (AvgIpc) is 2.81. The summed E-state index contributed by atoms with van der Waals surface area (Å²) < 4.78 is 5.49. The van der Waals surface area contributed by atoms with E-state index in [0.29, 0.717) is 5.41 Å². The number of aliphatic hydroxyl groups excluding tert-OH is 1. The Balaban J connectivity index is 2.37. The molecule has 0 saturated carbocycles. The lowest BCUT2D eigenvalue weighted by Crippen LogP contribution is -2.45. The summed E-state index contributed by atoms with van der Waals surface area (Å²) in [6.45, 7) is 10.1. The number of nitrogens with zero attached hydrogens (tertiary/aromatic N) is 1. The molecule has 1 fully saturated rings. The van der Waals surface area contributed by atoms with Gasteiger partial charge in [0.1, 0.15) is 0 Å². The molecule has 0 aromatic carbocycles. The van der Waals surface area contributed by atoms with Gasteiger partial charge in [0.2, 0.25) is 0 Å². The van der Waals surface area contributed by atoms with Crippen molar-refractivity contribution >= 4 is 5.96 Å². The largest absolute Gasteiger partial charge is 0.396 e. The summed E-state index contributed by atoms with van der Waals surface area (Å²) in [5, 5.41) is 15.9. The van der Waals surface area contributed by atoms with Gasteiger partial charge < -0.3 is 20.5 Å². The number of aliphatic imine (C=N–C) groups is 1. The first kappa shape index (κ1) is 17.2. The van der Waals surface area contributed by atoms with Crippen LogP contribution in [0.4, 0.5) is 0 Å². The van der Waals surface area contributed by atoms with Crippen molar-refractivity contribution < 1.29 is 9.84 Å². The van der Waals surface area contributed by atoms with Crippen LogP contribution >= 0.6 is 0 Å². The van der Waals surface area contributed by atoms with Crippen molar-refractivity contribution in [1.82, 2.24) is 10.6 Å². The number of aliphatic hydroxyl groups is 1. The predicted octanol–water partition coefficient (Wildman–Crippen LogP) is 1.38. The minimum absolute atomic E-state index is 0.0520. The van der Waals surface area contributed by atoms with E-state index in [4.69, 9.17) is 4.74 Å². The smallest absolute Gasteiger partial charge is 0.190 e. The number of hydrogen-bond acceptors (Lipinski definition) is 3. The predicted molar refractivity (Wildman–Crippen MR) is 83.0 cm³/mol. The Morgan fingerprint density at radius 3 is 2.60 bits per heavy atom. The second kappa shape index (κ2) is 7.84. The molecule has 1 atom stereocenters. The molecule has 0 aromatic rings. The normalized spacial score (nSPS) is 23.9. The lowest BCUT2D eigenvalue weighted by molar-refractivity contribution is 0.127. The lowest BCUT2D eigenvalue weighted by atomic mass is 9.84. The Morgan fingerprint density at radius 2 is 2.10 bits per heavy atom. The van der Waals surface area contributed by atoms with E-state index in [1.807, 2.05) is 0 Å². The summed E-state index contributed by atoms with van der Waals surface area (Å²) in [6, 6.07) is 0. The Hall–Kier alpha value is -0.810.